The van der Waals surface area contributed by atoms with E-state index in [1.807, 2.05) is 30.3 Å². The smallest absolute Gasteiger partial charge is 0.340 e. The zero-order valence-electron chi connectivity index (χ0n) is 13.0. The summed E-state index contributed by atoms with van der Waals surface area (Å²) in [5.41, 5.74) is 2.86. The third-order valence-electron chi connectivity index (χ3n) is 3.45. The summed E-state index contributed by atoms with van der Waals surface area (Å²) in [5, 5.41) is 0. The molecule has 0 fully saturated rings. The molecule has 0 spiro atoms. The second-order valence-electron chi connectivity index (χ2n) is 4.77. The van der Waals surface area contributed by atoms with Crippen LogP contribution in [0.15, 0.2) is 30.3 Å². The summed E-state index contributed by atoms with van der Waals surface area (Å²) in [7, 11) is 2.60. The number of hydrogen-bond acceptors (Lipinski definition) is 5. The molecule has 0 N–H and O–H groups in total. The van der Waals surface area contributed by atoms with Gasteiger partial charge in [-0.05, 0) is 19.4 Å². The van der Waals surface area contributed by atoms with Crippen LogP contribution in [0.25, 0.3) is 11.3 Å². The maximum absolute atomic E-state index is 12.2. The number of nitrogens with zero attached hydrogens (tertiary/aromatic N) is 1. The van der Waals surface area contributed by atoms with E-state index in [9.17, 15) is 9.59 Å². The van der Waals surface area contributed by atoms with Gasteiger partial charge in [0.15, 0.2) is 0 Å². The van der Waals surface area contributed by atoms with Gasteiger partial charge in [0.25, 0.3) is 0 Å². The number of aryl methyl sites for hydroxylation is 1. The van der Waals surface area contributed by atoms with Crippen molar-refractivity contribution in [1.29, 1.82) is 0 Å². The van der Waals surface area contributed by atoms with Crippen LogP contribution in [-0.4, -0.2) is 31.1 Å². The number of methoxy groups -OCH3 is 2. The van der Waals surface area contributed by atoms with E-state index < -0.39 is 11.9 Å². The van der Waals surface area contributed by atoms with Gasteiger partial charge in [-0.1, -0.05) is 30.3 Å². The van der Waals surface area contributed by atoms with Gasteiger partial charge in [0.2, 0.25) is 0 Å². The SMILES string of the molecule is COC(=O)c1c(C)nc(-c2ccccc2)c(C(=O)OC)c1C. The average molecular weight is 299 g/mol. The van der Waals surface area contributed by atoms with Crippen molar-refractivity contribution in [3.8, 4) is 11.3 Å². The van der Waals surface area contributed by atoms with Crippen LogP contribution < -0.4 is 0 Å². The topological polar surface area (TPSA) is 65.5 Å². The Kier molecular flexibility index (Phi) is 4.56. The quantitative estimate of drug-likeness (QED) is 0.815. The van der Waals surface area contributed by atoms with E-state index in [-0.39, 0.29) is 5.56 Å². The van der Waals surface area contributed by atoms with Gasteiger partial charge in [-0.15, -0.1) is 0 Å². The van der Waals surface area contributed by atoms with Crippen LogP contribution in [-0.2, 0) is 9.47 Å². The second kappa shape index (κ2) is 6.39. The Hall–Kier alpha value is -2.69. The number of aromatic nitrogens is 1. The fourth-order valence-corrected chi connectivity index (χ4v) is 2.41. The van der Waals surface area contributed by atoms with Gasteiger partial charge in [-0.25, -0.2) is 9.59 Å². The molecule has 0 saturated heterocycles. The first-order valence-electron chi connectivity index (χ1n) is 6.74. The van der Waals surface area contributed by atoms with Gasteiger partial charge in [0, 0.05) is 5.56 Å². The molecule has 0 aliphatic rings. The van der Waals surface area contributed by atoms with Crippen molar-refractivity contribution in [1.82, 2.24) is 4.98 Å². The molecule has 22 heavy (non-hydrogen) atoms. The van der Waals surface area contributed by atoms with Gasteiger partial charge >= 0.3 is 11.9 Å². The zero-order valence-corrected chi connectivity index (χ0v) is 13.0. The monoisotopic (exact) mass is 299 g/mol. The van der Waals surface area contributed by atoms with Crippen LogP contribution in [0.5, 0.6) is 0 Å². The van der Waals surface area contributed by atoms with Gasteiger partial charge in [-0.2, -0.15) is 0 Å². The predicted molar refractivity (Wildman–Crippen MR) is 81.8 cm³/mol. The molecule has 0 radical (unpaired) electrons. The highest BCUT2D eigenvalue weighted by atomic mass is 16.5. The van der Waals surface area contributed by atoms with Gasteiger partial charge in [0.05, 0.1) is 36.7 Å². The van der Waals surface area contributed by atoms with Gasteiger partial charge in [-0.3, -0.25) is 4.98 Å². The Morgan fingerprint density at radius 1 is 0.909 bits per heavy atom. The zero-order chi connectivity index (χ0) is 16.3. The molecular formula is C17H17NO4. The molecule has 1 aromatic carbocycles. The highest BCUT2D eigenvalue weighted by Crippen LogP contribution is 2.28. The molecule has 2 aromatic rings. The standard InChI is InChI=1S/C17H17NO4/c1-10-13(16(19)21-3)11(2)18-15(14(10)17(20)22-4)12-8-6-5-7-9-12/h5-9H,1-4H3. The fourth-order valence-electron chi connectivity index (χ4n) is 2.41. The van der Waals surface area contributed by atoms with Crippen molar-refractivity contribution in [2.24, 2.45) is 0 Å². The highest BCUT2D eigenvalue weighted by molar-refractivity contribution is 6.02. The molecule has 2 rings (SSSR count). The van der Waals surface area contributed by atoms with E-state index in [4.69, 9.17) is 9.47 Å². The molecule has 0 atom stereocenters. The molecule has 0 bridgehead atoms. The number of carbonyl (C=O) groups excluding carboxylic acids is 2. The van der Waals surface area contributed by atoms with E-state index in [0.717, 1.165) is 5.56 Å². The lowest BCUT2D eigenvalue weighted by Gasteiger charge is -2.15. The minimum atomic E-state index is -0.533. The summed E-state index contributed by atoms with van der Waals surface area (Å²) in [5.74, 6) is -1.05. The molecular weight excluding hydrogens is 282 g/mol. The van der Waals surface area contributed by atoms with E-state index in [1.54, 1.807) is 13.8 Å². The van der Waals surface area contributed by atoms with Crippen molar-refractivity contribution in [2.45, 2.75) is 13.8 Å². The fraction of sp³-hybridized carbons (Fsp3) is 0.235. The van der Waals surface area contributed by atoms with Crippen LogP contribution in [0, 0.1) is 13.8 Å². The molecule has 0 unspecified atom stereocenters. The van der Waals surface area contributed by atoms with Gasteiger partial charge < -0.3 is 9.47 Å². The Labute approximate surface area is 128 Å². The molecule has 1 aromatic heterocycles. The third-order valence-corrected chi connectivity index (χ3v) is 3.45. The third kappa shape index (κ3) is 2.70. The molecule has 5 nitrogen and oxygen atoms in total. The first-order chi connectivity index (χ1) is 10.5. The van der Waals surface area contributed by atoms with Crippen molar-refractivity contribution in [3.63, 3.8) is 0 Å². The molecule has 114 valence electrons. The van der Waals surface area contributed by atoms with Crippen molar-refractivity contribution >= 4 is 11.9 Å². The molecule has 5 heteroatoms. The average Bonchev–Trinajstić information content (AvgIpc) is 2.54. The normalized spacial score (nSPS) is 10.2. The van der Waals surface area contributed by atoms with Gasteiger partial charge in [0.1, 0.15) is 0 Å². The lowest BCUT2D eigenvalue weighted by molar-refractivity contribution is 0.0596. The summed E-state index contributed by atoms with van der Waals surface area (Å²) >= 11 is 0. The number of ether oxygens (including phenoxy) is 2. The number of benzene rings is 1. The van der Waals surface area contributed by atoms with E-state index in [0.29, 0.717) is 22.5 Å². The number of esters is 2. The molecule has 0 amide bonds. The summed E-state index contributed by atoms with van der Waals surface area (Å²) in [6.07, 6.45) is 0. The Bertz CT molecular complexity index is 723. The van der Waals surface area contributed by atoms with Crippen LogP contribution in [0.1, 0.15) is 32.0 Å². The van der Waals surface area contributed by atoms with Crippen molar-refractivity contribution in [3.05, 3.63) is 52.7 Å². The Balaban J connectivity index is 2.80. The van der Waals surface area contributed by atoms with Crippen molar-refractivity contribution < 1.29 is 19.1 Å². The van der Waals surface area contributed by atoms with Crippen molar-refractivity contribution in [2.75, 3.05) is 14.2 Å². The predicted octanol–water partition coefficient (Wildman–Crippen LogP) is 2.94. The first kappa shape index (κ1) is 15.7. The maximum Gasteiger partial charge on any atom is 0.340 e. The number of carbonyl (C=O) groups is 2. The van der Waals surface area contributed by atoms with Crippen LogP contribution in [0.2, 0.25) is 0 Å². The minimum absolute atomic E-state index is 0.278. The maximum atomic E-state index is 12.2. The largest absolute Gasteiger partial charge is 0.465 e. The summed E-state index contributed by atoms with van der Waals surface area (Å²) in [6.45, 7) is 3.41. The summed E-state index contributed by atoms with van der Waals surface area (Å²) < 4.78 is 9.64. The number of pyridine rings is 1. The lowest BCUT2D eigenvalue weighted by Crippen LogP contribution is -2.16. The molecule has 0 aliphatic carbocycles. The molecule has 1 heterocycles. The van der Waals surface area contributed by atoms with Crippen LogP contribution in [0.4, 0.5) is 0 Å². The lowest BCUT2D eigenvalue weighted by atomic mass is 9.96. The minimum Gasteiger partial charge on any atom is -0.465 e. The molecule has 0 saturated carbocycles. The van der Waals surface area contributed by atoms with E-state index >= 15 is 0 Å². The van der Waals surface area contributed by atoms with E-state index in [2.05, 4.69) is 4.98 Å². The Morgan fingerprint density at radius 2 is 1.45 bits per heavy atom. The second-order valence-corrected chi connectivity index (χ2v) is 4.77. The number of hydrogen-bond donors (Lipinski definition) is 0. The molecule has 0 aliphatic heterocycles. The number of rotatable bonds is 3. The van der Waals surface area contributed by atoms with E-state index in [1.165, 1.54) is 14.2 Å². The van der Waals surface area contributed by atoms with Crippen LogP contribution in [0.3, 0.4) is 0 Å². The summed E-state index contributed by atoms with van der Waals surface area (Å²) in [4.78, 5) is 28.6. The summed E-state index contributed by atoms with van der Waals surface area (Å²) in [6, 6.07) is 9.30. The Morgan fingerprint density at radius 3 is 2.00 bits per heavy atom. The van der Waals surface area contributed by atoms with Crippen LogP contribution >= 0.6 is 0 Å². The first-order valence-corrected chi connectivity index (χ1v) is 6.74. The highest BCUT2D eigenvalue weighted by Gasteiger charge is 2.25.